The van der Waals surface area contributed by atoms with Gasteiger partial charge < -0.3 is 21.1 Å². The molecule has 100 valence electrons. The molecule has 0 aliphatic carbocycles. The summed E-state index contributed by atoms with van der Waals surface area (Å²) in [5, 5.41) is 5.35. The summed E-state index contributed by atoms with van der Waals surface area (Å²) in [6.07, 6.45) is 1.35. The van der Waals surface area contributed by atoms with Gasteiger partial charge in [0.2, 0.25) is 11.8 Å². The van der Waals surface area contributed by atoms with Gasteiger partial charge in [0.25, 0.3) is 0 Å². The zero-order valence-electron chi connectivity index (χ0n) is 10.6. The number of carbonyl (C=O) groups excluding carboxylic acids is 2. The van der Waals surface area contributed by atoms with E-state index in [1.807, 2.05) is 6.92 Å². The number of ether oxygens (including phenoxy) is 1. The Morgan fingerprint density at radius 2 is 1.76 bits per heavy atom. The molecule has 0 aliphatic heterocycles. The third-order valence-corrected chi connectivity index (χ3v) is 2.13. The van der Waals surface area contributed by atoms with Crippen LogP contribution in [0.15, 0.2) is 0 Å². The Hall–Kier alpha value is -1.14. The molecule has 0 radical (unpaired) electrons. The van der Waals surface area contributed by atoms with Gasteiger partial charge in [0.1, 0.15) is 0 Å². The molecule has 6 heteroatoms. The molecule has 0 aliphatic rings. The van der Waals surface area contributed by atoms with Crippen molar-refractivity contribution in [3.05, 3.63) is 0 Å². The van der Waals surface area contributed by atoms with Gasteiger partial charge >= 0.3 is 0 Å². The number of carbonyl (C=O) groups is 2. The summed E-state index contributed by atoms with van der Waals surface area (Å²) in [6.45, 7) is 3.20. The highest BCUT2D eigenvalue weighted by atomic mass is 16.5. The molecule has 17 heavy (non-hydrogen) atoms. The molecule has 0 spiro atoms. The smallest absolute Gasteiger partial charge is 0.221 e. The average Bonchev–Trinajstić information content (AvgIpc) is 2.27. The molecular weight excluding hydrogens is 222 g/mol. The van der Waals surface area contributed by atoms with Gasteiger partial charge in [-0.3, -0.25) is 9.59 Å². The lowest BCUT2D eigenvalue weighted by atomic mass is 10.2. The van der Waals surface area contributed by atoms with E-state index in [1.165, 1.54) is 0 Å². The maximum atomic E-state index is 11.3. The van der Waals surface area contributed by atoms with E-state index in [0.29, 0.717) is 32.5 Å². The monoisotopic (exact) mass is 245 g/mol. The minimum Gasteiger partial charge on any atom is -0.383 e. The van der Waals surface area contributed by atoms with Crippen LogP contribution in [0.25, 0.3) is 0 Å². The first kappa shape index (κ1) is 15.9. The minimum absolute atomic E-state index is 0.0260. The maximum absolute atomic E-state index is 11.3. The van der Waals surface area contributed by atoms with Gasteiger partial charge in [0.05, 0.1) is 6.61 Å². The highest BCUT2D eigenvalue weighted by molar-refractivity contribution is 5.78. The molecule has 0 saturated heterocycles. The van der Waals surface area contributed by atoms with E-state index in [1.54, 1.807) is 7.11 Å². The van der Waals surface area contributed by atoms with Crippen LogP contribution in [0, 0.1) is 0 Å². The van der Waals surface area contributed by atoms with Crippen LogP contribution in [-0.4, -0.2) is 44.7 Å². The average molecular weight is 245 g/mol. The van der Waals surface area contributed by atoms with Gasteiger partial charge in [-0.05, 0) is 13.3 Å². The van der Waals surface area contributed by atoms with E-state index in [4.69, 9.17) is 10.5 Å². The maximum Gasteiger partial charge on any atom is 0.221 e. The van der Waals surface area contributed by atoms with Gasteiger partial charge in [-0.1, -0.05) is 0 Å². The van der Waals surface area contributed by atoms with Gasteiger partial charge in [-0.15, -0.1) is 0 Å². The normalized spacial score (nSPS) is 11.9. The molecule has 1 unspecified atom stereocenters. The second-order valence-corrected chi connectivity index (χ2v) is 3.96. The Labute approximate surface area is 102 Å². The quantitative estimate of drug-likeness (QED) is 0.472. The molecule has 6 nitrogen and oxygen atoms in total. The topological polar surface area (TPSA) is 93.5 Å². The minimum atomic E-state index is -0.0884. The molecular formula is C11H23N3O3. The molecule has 0 fully saturated rings. The summed E-state index contributed by atoms with van der Waals surface area (Å²) >= 11 is 0. The van der Waals surface area contributed by atoms with Crippen LogP contribution in [0.5, 0.6) is 0 Å². The SMILES string of the molecule is COCCNC(=O)CCNC(=O)CCC(C)N. The van der Waals surface area contributed by atoms with Crippen LogP contribution in [0.1, 0.15) is 26.2 Å². The Morgan fingerprint density at radius 3 is 2.35 bits per heavy atom. The van der Waals surface area contributed by atoms with Crippen LogP contribution in [0.2, 0.25) is 0 Å². The highest BCUT2D eigenvalue weighted by Crippen LogP contribution is 1.92. The predicted molar refractivity (Wildman–Crippen MR) is 65.4 cm³/mol. The summed E-state index contributed by atoms with van der Waals surface area (Å²) in [5.74, 6) is -0.151. The zero-order valence-corrected chi connectivity index (χ0v) is 10.6. The summed E-state index contributed by atoms with van der Waals surface area (Å²) in [6, 6.07) is 0.0260. The molecule has 2 amide bonds. The molecule has 0 saturated carbocycles. The number of hydrogen-bond acceptors (Lipinski definition) is 4. The van der Waals surface area contributed by atoms with Crippen molar-refractivity contribution in [2.75, 3.05) is 26.8 Å². The van der Waals surface area contributed by atoms with Gasteiger partial charge in [-0.25, -0.2) is 0 Å². The second-order valence-electron chi connectivity index (χ2n) is 3.96. The van der Waals surface area contributed by atoms with Crippen LogP contribution in [0.4, 0.5) is 0 Å². The number of nitrogens with one attached hydrogen (secondary N) is 2. The van der Waals surface area contributed by atoms with Crippen LogP contribution in [-0.2, 0) is 14.3 Å². The third-order valence-electron chi connectivity index (χ3n) is 2.13. The first-order valence-corrected chi connectivity index (χ1v) is 5.84. The summed E-state index contributed by atoms with van der Waals surface area (Å²) in [7, 11) is 1.57. The molecule has 0 heterocycles. The lowest BCUT2D eigenvalue weighted by Gasteiger charge is -2.07. The molecule has 0 aromatic carbocycles. The summed E-state index contributed by atoms with van der Waals surface area (Å²) in [4.78, 5) is 22.5. The van der Waals surface area contributed by atoms with Crippen LogP contribution in [0.3, 0.4) is 0 Å². The molecule has 1 atom stereocenters. The largest absolute Gasteiger partial charge is 0.383 e. The Morgan fingerprint density at radius 1 is 1.18 bits per heavy atom. The van der Waals surface area contributed by atoms with Gasteiger partial charge in [0.15, 0.2) is 0 Å². The van der Waals surface area contributed by atoms with E-state index in [9.17, 15) is 9.59 Å². The predicted octanol–water partition coefficient (Wildman–Crippen LogP) is -0.617. The highest BCUT2D eigenvalue weighted by Gasteiger charge is 2.04. The Bertz CT molecular complexity index is 232. The molecule has 4 N–H and O–H groups in total. The number of hydrogen-bond donors (Lipinski definition) is 3. The molecule has 0 bridgehead atoms. The van der Waals surface area contributed by atoms with Crippen molar-refractivity contribution in [1.29, 1.82) is 0 Å². The first-order valence-electron chi connectivity index (χ1n) is 5.84. The molecule has 0 aromatic rings. The lowest BCUT2D eigenvalue weighted by molar-refractivity contribution is -0.122. The van der Waals surface area contributed by atoms with Crippen molar-refractivity contribution < 1.29 is 14.3 Å². The van der Waals surface area contributed by atoms with E-state index in [-0.39, 0.29) is 24.3 Å². The van der Waals surface area contributed by atoms with Crippen LogP contribution < -0.4 is 16.4 Å². The number of amides is 2. The van der Waals surface area contributed by atoms with E-state index >= 15 is 0 Å². The van der Waals surface area contributed by atoms with Crippen molar-refractivity contribution in [2.24, 2.45) is 5.73 Å². The van der Waals surface area contributed by atoms with E-state index < -0.39 is 0 Å². The number of rotatable bonds is 9. The second kappa shape index (κ2) is 10.0. The van der Waals surface area contributed by atoms with Crippen molar-refractivity contribution in [2.45, 2.75) is 32.2 Å². The lowest BCUT2D eigenvalue weighted by Crippen LogP contribution is -2.32. The third kappa shape index (κ3) is 11.1. The zero-order chi connectivity index (χ0) is 13.1. The van der Waals surface area contributed by atoms with Crippen molar-refractivity contribution in [1.82, 2.24) is 10.6 Å². The molecule has 0 aromatic heterocycles. The standard InChI is InChI=1S/C11H23N3O3/c1-9(12)3-4-10(15)13-6-5-11(16)14-7-8-17-2/h9H,3-8,12H2,1-2H3,(H,13,15)(H,14,16). The number of methoxy groups -OCH3 is 1. The fraction of sp³-hybridized carbons (Fsp3) is 0.818. The Kier molecular flexibility index (Phi) is 9.37. The fourth-order valence-corrected chi connectivity index (χ4v) is 1.14. The van der Waals surface area contributed by atoms with Gasteiger partial charge in [-0.2, -0.15) is 0 Å². The van der Waals surface area contributed by atoms with E-state index in [2.05, 4.69) is 10.6 Å². The first-order chi connectivity index (χ1) is 8.06. The summed E-state index contributed by atoms with van der Waals surface area (Å²) < 4.78 is 4.79. The Balaban J connectivity index is 3.42. The molecule has 0 rings (SSSR count). The van der Waals surface area contributed by atoms with Crippen molar-refractivity contribution in [3.8, 4) is 0 Å². The van der Waals surface area contributed by atoms with Gasteiger partial charge in [0, 0.05) is 39.1 Å². The fourth-order valence-electron chi connectivity index (χ4n) is 1.14. The summed E-state index contributed by atoms with van der Waals surface area (Å²) in [5.41, 5.74) is 5.53. The van der Waals surface area contributed by atoms with Crippen molar-refractivity contribution in [3.63, 3.8) is 0 Å². The van der Waals surface area contributed by atoms with Crippen LogP contribution >= 0.6 is 0 Å². The number of nitrogens with two attached hydrogens (primary N) is 1. The van der Waals surface area contributed by atoms with Crippen molar-refractivity contribution >= 4 is 11.8 Å². The van der Waals surface area contributed by atoms with E-state index in [0.717, 1.165) is 0 Å².